The number of rotatable bonds is 13. The summed E-state index contributed by atoms with van der Waals surface area (Å²) in [5, 5.41) is 14.2. The van der Waals surface area contributed by atoms with Crippen molar-refractivity contribution in [3.63, 3.8) is 0 Å². The van der Waals surface area contributed by atoms with Crippen molar-refractivity contribution >= 4 is 41.0 Å². The number of carbonyl (C=O) groups is 2. The van der Waals surface area contributed by atoms with Gasteiger partial charge in [0.2, 0.25) is 11.9 Å². The lowest BCUT2D eigenvalue weighted by Crippen LogP contribution is -2.55. The van der Waals surface area contributed by atoms with Crippen LogP contribution in [-0.4, -0.2) is 50.5 Å². The molecule has 4 N–H and O–H groups in total. The Morgan fingerprint density at radius 1 is 0.883 bits per heavy atom. The molecule has 0 saturated carbocycles. The summed E-state index contributed by atoms with van der Waals surface area (Å²) in [7, 11) is 0. The molecular weight excluding hydrogens is 801 g/mol. The summed E-state index contributed by atoms with van der Waals surface area (Å²) in [6.07, 6.45) is 4.12. The summed E-state index contributed by atoms with van der Waals surface area (Å²) >= 11 is 12.2. The van der Waals surface area contributed by atoms with Crippen molar-refractivity contribution in [2.24, 2.45) is 0 Å². The number of hydrogen-bond donors (Lipinski definition) is 3. The number of anilines is 1. The van der Waals surface area contributed by atoms with E-state index in [-0.39, 0.29) is 30.4 Å². The SMILES string of the molecule is CC[C@@H](c1ccccc1)N1Cc2cc3c(cc2C[C@H]1C(=O)N[C@@H](Cc1ccc(-c2cnc(N)nc2)cc1)C(=O)O)OC[C@H](c1ccc(OCc2ccc(Cl)c(Cl)c2)cc1)O3. The van der Waals surface area contributed by atoms with Gasteiger partial charge >= 0.3 is 5.97 Å². The van der Waals surface area contributed by atoms with Crippen molar-refractivity contribution in [1.29, 1.82) is 0 Å². The Kier molecular flexibility index (Phi) is 12.2. The predicted octanol–water partition coefficient (Wildman–Crippen LogP) is 8.81. The number of nitrogens with zero attached hydrogens (tertiary/aromatic N) is 3. The van der Waals surface area contributed by atoms with Crippen molar-refractivity contribution in [2.75, 3.05) is 12.3 Å². The molecule has 0 radical (unpaired) electrons. The van der Waals surface area contributed by atoms with Crippen LogP contribution in [0.4, 0.5) is 5.95 Å². The van der Waals surface area contributed by atoms with E-state index >= 15 is 0 Å². The number of amides is 1. The van der Waals surface area contributed by atoms with E-state index in [0.717, 1.165) is 50.9 Å². The average molecular weight is 845 g/mol. The van der Waals surface area contributed by atoms with E-state index in [0.29, 0.717) is 53.5 Å². The van der Waals surface area contributed by atoms with Crippen LogP contribution in [0.1, 0.15) is 58.9 Å². The molecule has 0 spiro atoms. The Labute approximate surface area is 358 Å². The molecule has 13 heteroatoms. The highest BCUT2D eigenvalue weighted by molar-refractivity contribution is 6.42. The topological polar surface area (TPSA) is 149 Å². The molecule has 0 fully saturated rings. The molecule has 0 aliphatic carbocycles. The van der Waals surface area contributed by atoms with Gasteiger partial charge in [0.05, 0.1) is 16.1 Å². The monoisotopic (exact) mass is 843 g/mol. The molecule has 11 nitrogen and oxygen atoms in total. The zero-order valence-corrected chi connectivity index (χ0v) is 34.3. The summed E-state index contributed by atoms with van der Waals surface area (Å²) in [4.78, 5) is 37.3. The van der Waals surface area contributed by atoms with Crippen LogP contribution in [0.15, 0.2) is 122 Å². The summed E-state index contributed by atoms with van der Waals surface area (Å²) in [5.41, 5.74) is 12.9. The molecule has 306 valence electrons. The summed E-state index contributed by atoms with van der Waals surface area (Å²) < 4.78 is 18.8. The van der Waals surface area contributed by atoms with Crippen molar-refractivity contribution in [3.05, 3.63) is 165 Å². The third kappa shape index (κ3) is 9.18. The molecule has 6 aromatic rings. The lowest BCUT2D eigenvalue weighted by molar-refractivity contribution is -0.143. The van der Waals surface area contributed by atoms with Gasteiger partial charge in [-0.05, 0) is 88.2 Å². The minimum Gasteiger partial charge on any atom is -0.489 e. The first-order chi connectivity index (χ1) is 29.1. The van der Waals surface area contributed by atoms with E-state index in [2.05, 4.69) is 39.2 Å². The third-order valence-corrected chi connectivity index (χ3v) is 11.8. The van der Waals surface area contributed by atoms with Crippen LogP contribution < -0.4 is 25.3 Å². The number of nitrogens with two attached hydrogens (primary N) is 1. The summed E-state index contributed by atoms with van der Waals surface area (Å²) in [6.45, 7) is 3.19. The van der Waals surface area contributed by atoms with Crippen LogP contribution >= 0.6 is 23.2 Å². The molecule has 0 bridgehead atoms. The Balaban J connectivity index is 0.990. The van der Waals surface area contributed by atoms with Gasteiger partial charge in [-0.1, -0.05) is 103 Å². The first-order valence-electron chi connectivity index (χ1n) is 19.7. The maximum absolute atomic E-state index is 14.4. The number of aliphatic carboxylic acids is 1. The first-order valence-corrected chi connectivity index (χ1v) is 20.5. The van der Waals surface area contributed by atoms with Crippen molar-refractivity contribution < 1.29 is 28.9 Å². The average Bonchev–Trinajstić information content (AvgIpc) is 3.26. The first kappa shape index (κ1) is 40.6. The lowest BCUT2D eigenvalue weighted by atomic mass is 9.89. The summed E-state index contributed by atoms with van der Waals surface area (Å²) in [6, 6.07) is 32.8. The van der Waals surface area contributed by atoms with Crippen LogP contribution in [0.5, 0.6) is 17.2 Å². The zero-order chi connectivity index (χ0) is 41.8. The van der Waals surface area contributed by atoms with Gasteiger partial charge in [-0.3, -0.25) is 9.69 Å². The molecule has 60 heavy (non-hydrogen) atoms. The minimum absolute atomic E-state index is 0.104. The molecule has 2 aliphatic rings. The fourth-order valence-corrected chi connectivity index (χ4v) is 8.16. The lowest BCUT2D eigenvalue weighted by Gasteiger charge is -2.42. The smallest absolute Gasteiger partial charge is 0.326 e. The second-order valence-corrected chi connectivity index (χ2v) is 15.8. The predicted molar refractivity (Wildman–Crippen MR) is 230 cm³/mol. The van der Waals surface area contributed by atoms with Crippen molar-refractivity contribution in [2.45, 2.75) is 63.6 Å². The number of ether oxygens (including phenoxy) is 3. The van der Waals surface area contributed by atoms with Gasteiger partial charge in [-0.15, -0.1) is 0 Å². The van der Waals surface area contributed by atoms with E-state index in [1.165, 1.54) is 0 Å². The Morgan fingerprint density at radius 3 is 2.30 bits per heavy atom. The van der Waals surface area contributed by atoms with Crippen LogP contribution in [0.2, 0.25) is 10.0 Å². The molecule has 4 atom stereocenters. The number of nitrogen functional groups attached to an aromatic ring is 1. The molecule has 3 heterocycles. The van der Waals surface area contributed by atoms with Crippen LogP contribution in [-0.2, 0) is 35.6 Å². The van der Waals surface area contributed by atoms with E-state index in [1.54, 1.807) is 24.5 Å². The van der Waals surface area contributed by atoms with Crippen molar-refractivity contribution in [3.8, 4) is 28.4 Å². The van der Waals surface area contributed by atoms with E-state index in [9.17, 15) is 14.7 Å². The largest absolute Gasteiger partial charge is 0.489 e. The maximum Gasteiger partial charge on any atom is 0.326 e. The molecular formula is C47H43Cl2N5O6. The Bertz CT molecular complexity index is 2470. The van der Waals surface area contributed by atoms with Gasteiger partial charge in [0.1, 0.15) is 25.0 Å². The van der Waals surface area contributed by atoms with Gasteiger partial charge in [0, 0.05) is 37.0 Å². The van der Waals surface area contributed by atoms with Gasteiger partial charge in [-0.2, -0.15) is 0 Å². The molecule has 0 saturated heterocycles. The Morgan fingerprint density at radius 2 is 1.60 bits per heavy atom. The molecule has 5 aromatic carbocycles. The number of halogens is 2. The fourth-order valence-electron chi connectivity index (χ4n) is 7.84. The normalized spacial score (nSPS) is 16.9. The van der Waals surface area contributed by atoms with Crippen LogP contribution in [0.3, 0.4) is 0 Å². The number of aromatic nitrogens is 2. The Hall–Kier alpha value is -6.14. The third-order valence-electron chi connectivity index (χ3n) is 11.0. The fraction of sp³-hybridized carbons (Fsp3) is 0.234. The molecule has 0 unspecified atom stereocenters. The second-order valence-electron chi connectivity index (χ2n) is 14.9. The molecule has 1 amide bonds. The zero-order valence-electron chi connectivity index (χ0n) is 32.8. The minimum atomic E-state index is -1.15. The molecule has 1 aromatic heterocycles. The van der Waals surface area contributed by atoms with E-state index in [1.807, 2.05) is 84.9 Å². The highest BCUT2D eigenvalue weighted by Crippen LogP contribution is 2.42. The number of carbonyl (C=O) groups excluding carboxylic acids is 1. The van der Waals surface area contributed by atoms with Gasteiger partial charge in [-0.25, -0.2) is 14.8 Å². The van der Waals surface area contributed by atoms with Crippen LogP contribution in [0, 0.1) is 0 Å². The molecule has 8 rings (SSSR count). The van der Waals surface area contributed by atoms with Gasteiger partial charge in [0.25, 0.3) is 0 Å². The number of carboxylic acid groups (broad SMARTS) is 1. The number of carboxylic acids is 1. The van der Waals surface area contributed by atoms with Crippen LogP contribution in [0.25, 0.3) is 11.1 Å². The number of benzene rings is 5. The standard InChI is InChI=1S/C47H43Cl2N5O6/c1-2-40(31-6-4-3-5-7-31)54-25-34-22-43-42(59-27-44(60-43)32-13-15-36(16-14-32)58-26-29-10-17-37(48)38(49)18-29)21-33(34)20-41(54)45(55)53-39(46(56)57)19-28-8-11-30(12-9-28)35-23-51-47(50)52-24-35/h3-18,21-24,39-41,44H,2,19-20,25-27H2,1H3,(H,53,55)(H,56,57)(H2,50,51,52)/t39-,40-,41-,44+/m0/s1. The summed E-state index contributed by atoms with van der Waals surface area (Å²) in [5.74, 6) is 0.652. The highest BCUT2D eigenvalue weighted by atomic mass is 35.5. The second kappa shape index (κ2) is 18.0. The highest BCUT2D eigenvalue weighted by Gasteiger charge is 2.39. The number of nitrogens with one attached hydrogen (secondary N) is 1. The quantitative estimate of drug-likeness (QED) is 0.103. The van der Waals surface area contributed by atoms with Gasteiger partial charge in [0.15, 0.2) is 17.6 Å². The van der Waals surface area contributed by atoms with E-state index < -0.39 is 18.1 Å². The van der Waals surface area contributed by atoms with Crippen molar-refractivity contribution in [1.82, 2.24) is 20.2 Å². The molecule has 2 aliphatic heterocycles. The van der Waals surface area contributed by atoms with E-state index in [4.69, 9.17) is 43.1 Å². The van der Waals surface area contributed by atoms with Gasteiger partial charge < -0.3 is 30.4 Å². The number of fused-ring (bicyclic) bond motifs is 2. The number of hydrogen-bond acceptors (Lipinski definition) is 9. The maximum atomic E-state index is 14.4.